The SMILES string of the molecule is O=C(NCCCCN1CCCC1CO)Nc1ccc(N2CCSCC2)c(Cl)c1. The van der Waals surface area contributed by atoms with Gasteiger partial charge in [0.15, 0.2) is 0 Å². The van der Waals surface area contributed by atoms with Gasteiger partial charge in [-0.1, -0.05) is 11.6 Å². The lowest BCUT2D eigenvalue weighted by Crippen LogP contribution is -2.34. The number of nitrogens with zero attached hydrogens (tertiary/aromatic N) is 2. The van der Waals surface area contributed by atoms with Crippen LogP contribution in [0.4, 0.5) is 16.2 Å². The first kappa shape index (κ1) is 21.6. The summed E-state index contributed by atoms with van der Waals surface area (Å²) in [5.74, 6) is 2.24. The van der Waals surface area contributed by atoms with Crippen molar-refractivity contribution in [3.63, 3.8) is 0 Å². The van der Waals surface area contributed by atoms with Crippen molar-refractivity contribution >= 4 is 40.8 Å². The second-order valence-electron chi connectivity index (χ2n) is 7.37. The molecule has 0 aromatic heterocycles. The van der Waals surface area contributed by atoms with E-state index >= 15 is 0 Å². The number of hydrogen-bond donors (Lipinski definition) is 3. The number of amides is 2. The fourth-order valence-corrected chi connectivity index (χ4v) is 5.06. The standard InChI is InChI=1S/C20H31ClN4O2S/c21-18-14-16(5-6-19(18)25-10-12-28-13-11-25)23-20(27)22-7-1-2-8-24-9-3-4-17(24)15-26/h5-6,14,17,26H,1-4,7-13,15H2,(H2,22,23,27). The number of unbranched alkanes of at least 4 members (excludes halogenated alkanes) is 1. The van der Waals surface area contributed by atoms with Gasteiger partial charge in [-0.3, -0.25) is 4.90 Å². The maximum Gasteiger partial charge on any atom is 0.319 e. The number of urea groups is 1. The molecule has 2 aliphatic rings. The van der Waals surface area contributed by atoms with Crippen LogP contribution in [-0.2, 0) is 0 Å². The van der Waals surface area contributed by atoms with Crippen molar-refractivity contribution in [2.45, 2.75) is 31.7 Å². The van der Waals surface area contributed by atoms with E-state index in [-0.39, 0.29) is 12.6 Å². The van der Waals surface area contributed by atoms with Crippen LogP contribution in [0.3, 0.4) is 0 Å². The molecule has 0 aliphatic carbocycles. The Bertz CT molecular complexity index is 643. The molecule has 2 aliphatic heterocycles. The number of thioether (sulfide) groups is 1. The summed E-state index contributed by atoms with van der Waals surface area (Å²) in [6.45, 7) is 4.97. The first-order valence-electron chi connectivity index (χ1n) is 10.2. The summed E-state index contributed by atoms with van der Waals surface area (Å²) in [6, 6.07) is 5.84. The fraction of sp³-hybridized carbons (Fsp3) is 0.650. The van der Waals surface area contributed by atoms with E-state index < -0.39 is 0 Å². The Hall–Kier alpha value is -1.15. The molecule has 0 saturated carbocycles. The molecular weight excluding hydrogens is 396 g/mol. The quantitative estimate of drug-likeness (QED) is 0.557. The van der Waals surface area contributed by atoms with E-state index in [2.05, 4.69) is 20.4 Å². The highest BCUT2D eigenvalue weighted by molar-refractivity contribution is 7.99. The lowest BCUT2D eigenvalue weighted by molar-refractivity contribution is 0.157. The van der Waals surface area contributed by atoms with Crippen LogP contribution in [0, 0.1) is 0 Å². The molecule has 156 valence electrons. The predicted molar refractivity (Wildman–Crippen MR) is 119 cm³/mol. The largest absolute Gasteiger partial charge is 0.395 e. The molecule has 1 atom stereocenters. The van der Waals surface area contributed by atoms with Crippen LogP contribution in [0.5, 0.6) is 0 Å². The number of aliphatic hydroxyl groups is 1. The van der Waals surface area contributed by atoms with E-state index in [1.807, 2.05) is 30.0 Å². The minimum atomic E-state index is -0.201. The zero-order valence-electron chi connectivity index (χ0n) is 16.3. The first-order valence-corrected chi connectivity index (χ1v) is 11.7. The van der Waals surface area contributed by atoms with Crippen LogP contribution < -0.4 is 15.5 Å². The number of halogens is 1. The number of benzene rings is 1. The van der Waals surface area contributed by atoms with E-state index in [4.69, 9.17) is 11.6 Å². The van der Waals surface area contributed by atoms with Gasteiger partial charge in [-0.25, -0.2) is 4.79 Å². The van der Waals surface area contributed by atoms with Crippen molar-refractivity contribution < 1.29 is 9.90 Å². The lowest BCUT2D eigenvalue weighted by atomic mass is 10.2. The van der Waals surface area contributed by atoms with Crippen LogP contribution in [0.15, 0.2) is 18.2 Å². The van der Waals surface area contributed by atoms with Gasteiger partial charge in [0.1, 0.15) is 0 Å². The van der Waals surface area contributed by atoms with Crippen molar-refractivity contribution in [1.82, 2.24) is 10.2 Å². The van der Waals surface area contributed by atoms with Gasteiger partial charge in [0.05, 0.1) is 17.3 Å². The Morgan fingerprint density at radius 2 is 2.07 bits per heavy atom. The topological polar surface area (TPSA) is 67.8 Å². The molecular formula is C20H31ClN4O2S. The molecule has 6 nitrogen and oxygen atoms in total. The molecule has 1 aromatic carbocycles. The fourth-order valence-electron chi connectivity index (χ4n) is 3.86. The molecule has 2 heterocycles. The number of aliphatic hydroxyl groups excluding tert-OH is 1. The Balaban J connectivity index is 1.36. The predicted octanol–water partition coefficient (Wildman–Crippen LogP) is 3.25. The molecule has 28 heavy (non-hydrogen) atoms. The summed E-state index contributed by atoms with van der Waals surface area (Å²) < 4.78 is 0. The van der Waals surface area contributed by atoms with Crippen molar-refractivity contribution in [3.05, 3.63) is 23.2 Å². The average Bonchev–Trinajstić information content (AvgIpc) is 3.16. The average molecular weight is 427 g/mol. The number of carbonyl (C=O) groups is 1. The second-order valence-corrected chi connectivity index (χ2v) is 9.00. The minimum Gasteiger partial charge on any atom is -0.395 e. The van der Waals surface area contributed by atoms with E-state index in [1.165, 1.54) is 6.42 Å². The highest BCUT2D eigenvalue weighted by Crippen LogP contribution is 2.30. The Labute approximate surface area is 177 Å². The molecule has 0 bridgehead atoms. The first-order chi connectivity index (χ1) is 13.7. The van der Waals surface area contributed by atoms with Gasteiger partial charge in [-0.2, -0.15) is 11.8 Å². The Kier molecular flexibility index (Phi) is 8.58. The number of nitrogens with one attached hydrogen (secondary N) is 2. The van der Waals surface area contributed by atoms with Crippen LogP contribution >= 0.6 is 23.4 Å². The monoisotopic (exact) mass is 426 g/mol. The van der Waals surface area contributed by atoms with Gasteiger partial charge in [-0.05, 0) is 57.0 Å². The minimum absolute atomic E-state index is 0.201. The molecule has 1 aromatic rings. The zero-order chi connectivity index (χ0) is 19.8. The third-order valence-corrected chi connectivity index (χ3v) is 6.67. The molecule has 0 radical (unpaired) electrons. The molecule has 1 unspecified atom stereocenters. The third-order valence-electron chi connectivity index (χ3n) is 5.42. The van der Waals surface area contributed by atoms with Crippen molar-refractivity contribution in [2.75, 3.05) is 61.1 Å². The van der Waals surface area contributed by atoms with Gasteiger partial charge < -0.3 is 20.6 Å². The zero-order valence-corrected chi connectivity index (χ0v) is 17.9. The molecule has 0 spiro atoms. The van der Waals surface area contributed by atoms with E-state index in [0.29, 0.717) is 23.3 Å². The highest BCUT2D eigenvalue weighted by Gasteiger charge is 2.22. The highest BCUT2D eigenvalue weighted by atomic mass is 35.5. The lowest BCUT2D eigenvalue weighted by Gasteiger charge is -2.29. The van der Waals surface area contributed by atoms with Crippen LogP contribution in [0.1, 0.15) is 25.7 Å². The summed E-state index contributed by atoms with van der Waals surface area (Å²) in [4.78, 5) is 16.8. The van der Waals surface area contributed by atoms with Gasteiger partial charge in [0, 0.05) is 42.9 Å². The summed E-state index contributed by atoms with van der Waals surface area (Å²) in [6.07, 6.45) is 4.21. The second kappa shape index (κ2) is 11.1. The Morgan fingerprint density at radius 1 is 1.25 bits per heavy atom. The summed E-state index contributed by atoms with van der Waals surface area (Å²) in [5.41, 5.74) is 1.75. The summed E-state index contributed by atoms with van der Waals surface area (Å²) in [7, 11) is 0. The summed E-state index contributed by atoms with van der Waals surface area (Å²) in [5, 5.41) is 15.8. The molecule has 2 saturated heterocycles. The van der Waals surface area contributed by atoms with E-state index in [0.717, 1.165) is 62.6 Å². The normalized spacial score (nSPS) is 20.4. The molecule has 2 amide bonds. The number of likely N-dealkylation sites (tertiary alicyclic amines) is 1. The van der Waals surface area contributed by atoms with Gasteiger partial charge in [0.2, 0.25) is 0 Å². The number of anilines is 2. The maximum absolute atomic E-state index is 12.1. The molecule has 3 N–H and O–H groups in total. The summed E-state index contributed by atoms with van der Waals surface area (Å²) >= 11 is 8.40. The van der Waals surface area contributed by atoms with Crippen molar-refractivity contribution in [3.8, 4) is 0 Å². The van der Waals surface area contributed by atoms with Crippen LogP contribution in [0.25, 0.3) is 0 Å². The number of hydrogen-bond acceptors (Lipinski definition) is 5. The molecule has 8 heteroatoms. The van der Waals surface area contributed by atoms with Crippen LogP contribution in [-0.4, -0.2) is 72.9 Å². The van der Waals surface area contributed by atoms with E-state index in [9.17, 15) is 9.90 Å². The smallest absolute Gasteiger partial charge is 0.319 e. The number of carbonyl (C=O) groups excluding carboxylic acids is 1. The van der Waals surface area contributed by atoms with E-state index in [1.54, 1.807) is 0 Å². The molecule has 2 fully saturated rings. The third kappa shape index (κ3) is 6.17. The van der Waals surface area contributed by atoms with Gasteiger partial charge in [0.25, 0.3) is 0 Å². The van der Waals surface area contributed by atoms with Gasteiger partial charge in [-0.15, -0.1) is 0 Å². The van der Waals surface area contributed by atoms with Crippen molar-refractivity contribution in [2.24, 2.45) is 0 Å². The van der Waals surface area contributed by atoms with Crippen molar-refractivity contribution in [1.29, 1.82) is 0 Å². The van der Waals surface area contributed by atoms with Crippen LogP contribution in [0.2, 0.25) is 5.02 Å². The Morgan fingerprint density at radius 3 is 2.82 bits per heavy atom. The maximum atomic E-state index is 12.1. The molecule has 3 rings (SSSR count). The number of rotatable bonds is 8. The van der Waals surface area contributed by atoms with Gasteiger partial charge >= 0.3 is 6.03 Å².